The minimum atomic E-state index is -0.425. The summed E-state index contributed by atoms with van der Waals surface area (Å²) in [6.07, 6.45) is 1.09. The van der Waals surface area contributed by atoms with Crippen molar-refractivity contribution in [3.05, 3.63) is 29.5 Å². The van der Waals surface area contributed by atoms with Crippen molar-refractivity contribution < 1.29 is 18.7 Å². The quantitative estimate of drug-likeness (QED) is 0.878. The average Bonchev–Trinajstić information content (AvgIpc) is 3.19. The topological polar surface area (TPSA) is 86.7 Å². The van der Waals surface area contributed by atoms with Crippen molar-refractivity contribution in [2.45, 2.75) is 44.9 Å². The van der Waals surface area contributed by atoms with Gasteiger partial charge in [0, 0.05) is 17.5 Å². The van der Waals surface area contributed by atoms with Gasteiger partial charge in [0.05, 0.1) is 19.3 Å². The summed E-state index contributed by atoms with van der Waals surface area (Å²) in [4.78, 5) is 12.4. The van der Waals surface area contributed by atoms with Crippen molar-refractivity contribution in [2.24, 2.45) is 5.73 Å². The molecule has 0 saturated carbocycles. The molecule has 1 saturated heterocycles. The molecule has 2 heterocycles. The molecule has 1 aromatic heterocycles. The van der Waals surface area contributed by atoms with Crippen LogP contribution in [0.4, 0.5) is 0 Å². The van der Waals surface area contributed by atoms with E-state index >= 15 is 0 Å². The molecule has 6 heteroatoms. The van der Waals surface area contributed by atoms with Crippen LogP contribution >= 0.6 is 0 Å². The summed E-state index contributed by atoms with van der Waals surface area (Å²) in [5.74, 6) is 1.41. The third kappa shape index (κ3) is 3.12. The highest BCUT2D eigenvalue weighted by molar-refractivity contribution is 5.85. The van der Waals surface area contributed by atoms with Crippen LogP contribution in [0.15, 0.2) is 22.6 Å². The molecule has 3 N–H and O–H groups in total. The van der Waals surface area contributed by atoms with E-state index in [2.05, 4.69) is 5.32 Å². The van der Waals surface area contributed by atoms with Crippen LogP contribution in [0.1, 0.15) is 37.1 Å². The minimum Gasteiger partial charge on any atom is -0.497 e. The number of furan rings is 1. The van der Waals surface area contributed by atoms with E-state index in [0.29, 0.717) is 13.0 Å². The molecular formula is C18H24N2O4. The van der Waals surface area contributed by atoms with Gasteiger partial charge in [-0.1, -0.05) is 0 Å². The Balaban J connectivity index is 1.75. The lowest BCUT2D eigenvalue weighted by Crippen LogP contribution is -2.37. The first-order valence-corrected chi connectivity index (χ1v) is 8.26. The molecule has 0 aliphatic carbocycles. The van der Waals surface area contributed by atoms with Gasteiger partial charge in [-0.2, -0.15) is 0 Å². The Morgan fingerprint density at radius 1 is 1.46 bits per heavy atom. The number of rotatable bonds is 5. The number of nitrogens with two attached hydrogens (primary N) is 1. The fourth-order valence-corrected chi connectivity index (χ4v) is 3.20. The van der Waals surface area contributed by atoms with E-state index < -0.39 is 6.10 Å². The fraction of sp³-hybridized carbons (Fsp3) is 0.500. The number of hydrogen-bond donors (Lipinski definition) is 2. The first kappa shape index (κ1) is 16.8. The van der Waals surface area contributed by atoms with Crippen LogP contribution in [0.25, 0.3) is 11.0 Å². The molecule has 1 aliphatic rings. The van der Waals surface area contributed by atoms with E-state index in [1.165, 1.54) is 0 Å². The van der Waals surface area contributed by atoms with E-state index in [1.54, 1.807) is 7.11 Å². The highest BCUT2D eigenvalue weighted by atomic mass is 16.5. The summed E-state index contributed by atoms with van der Waals surface area (Å²) >= 11 is 0. The maximum Gasteiger partial charge on any atom is 0.249 e. The second-order valence-corrected chi connectivity index (χ2v) is 6.24. The molecule has 3 atom stereocenters. The number of carbonyl (C=O) groups is 1. The van der Waals surface area contributed by atoms with Crippen LogP contribution < -0.4 is 15.8 Å². The van der Waals surface area contributed by atoms with Crippen molar-refractivity contribution in [3.63, 3.8) is 0 Å². The van der Waals surface area contributed by atoms with Crippen LogP contribution in [-0.2, 0) is 9.53 Å². The molecule has 0 bridgehead atoms. The van der Waals surface area contributed by atoms with E-state index in [4.69, 9.17) is 19.6 Å². The van der Waals surface area contributed by atoms with E-state index in [1.807, 2.05) is 32.0 Å². The molecule has 130 valence electrons. The lowest BCUT2D eigenvalue weighted by Gasteiger charge is -2.16. The van der Waals surface area contributed by atoms with E-state index in [9.17, 15) is 4.79 Å². The Morgan fingerprint density at radius 2 is 2.25 bits per heavy atom. The molecule has 0 spiro atoms. The summed E-state index contributed by atoms with van der Waals surface area (Å²) in [5, 5.41) is 3.97. The zero-order valence-corrected chi connectivity index (χ0v) is 14.3. The predicted octanol–water partition coefficient (Wildman–Crippen LogP) is 2.43. The van der Waals surface area contributed by atoms with E-state index in [-0.39, 0.29) is 18.1 Å². The SMILES string of the molecule is COc1ccc2oc(C(C)NC(=O)[C@@H]3CC[C@H](CN)O3)c(C)c2c1. The van der Waals surface area contributed by atoms with Gasteiger partial charge in [-0.3, -0.25) is 4.79 Å². The first-order valence-electron chi connectivity index (χ1n) is 8.26. The largest absolute Gasteiger partial charge is 0.497 e. The smallest absolute Gasteiger partial charge is 0.249 e. The van der Waals surface area contributed by atoms with Crippen LogP contribution in [0.2, 0.25) is 0 Å². The van der Waals surface area contributed by atoms with Crippen LogP contribution in [0, 0.1) is 6.92 Å². The maximum atomic E-state index is 12.4. The molecule has 0 radical (unpaired) electrons. The maximum absolute atomic E-state index is 12.4. The second kappa shape index (κ2) is 6.83. The van der Waals surface area contributed by atoms with Crippen molar-refractivity contribution >= 4 is 16.9 Å². The number of benzene rings is 1. The first-order chi connectivity index (χ1) is 11.5. The summed E-state index contributed by atoms with van der Waals surface area (Å²) in [7, 11) is 1.64. The number of ether oxygens (including phenoxy) is 2. The second-order valence-electron chi connectivity index (χ2n) is 6.24. The summed E-state index contributed by atoms with van der Waals surface area (Å²) in [6.45, 7) is 4.35. The lowest BCUT2D eigenvalue weighted by molar-refractivity contribution is -0.132. The highest BCUT2D eigenvalue weighted by Gasteiger charge is 2.31. The standard InChI is InChI=1S/C18H24N2O4/c1-10-14-8-12(22-3)4-6-15(14)24-17(10)11(2)20-18(21)16-7-5-13(9-19)23-16/h4,6,8,11,13,16H,5,7,9,19H2,1-3H3,(H,20,21)/t11?,13-,16+/m1/s1. The Bertz CT molecular complexity index is 740. The van der Waals surface area contributed by atoms with Crippen molar-refractivity contribution in [3.8, 4) is 5.75 Å². The number of methoxy groups -OCH3 is 1. The van der Waals surface area contributed by atoms with Gasteiger partial charge < -0.3 is 24.9 Å². The third-order valence-corrected chi connectivity index (χ3v) is 4.60. The number of amides is 1. The number of hydrogen-bond acceptors (Lipinski definition) is 5. The van der Waals surface area contributed by atoms with Gasteiger partial charge in [-0.15, -0.1) is 0 Å². The predicted molar refractivity (Wildman–Crippen MR) is 91.0 cm³/mol. The van der Waals surface area contributed by atoms with Gasteiger partial charge in [-0.25, -0.2) is 0 Å². The number of fused-ring (bicyclic) bond motifs is 1. The zero-order chi connectivity index (χ0) is 17.3. The zero-order valence-electron chi connectivity index (χ0n) is 14.3. The molecule has 24 heavy (non-hydrogen) atoms. The summed E-state index contributed by atoms with van der Waals surface area (Å²) in [5.41, 5.74) is 7.38. The fourth-order valence-electron chi connectivity index (χ4n) is 3.20. The molecule has 1 aromatic carbocycles. The minimum absolute atomic E-state index is 0.0172. The lowest BCUT2D eigenvalue weighted by atomic mass is 10.1. The molecule has 6 nitrogen and oxygen atoms in total. The van der Waals surface area contributed by atoms with Crippen molar-refractivity contribution in [2.75, 3.05) is 13.7 Å². The molecule has 1 amide bonds. The Kier molecular flexibility index (Phi) is 4.78. The molecule has 1 fully saturated rings. The van der Waals surface area contributed by atoms with Crippen LogP contribution in [0.5, 0.6) is 5.75 Å². The van der Waals surface area contributed by atoms with Crippen LogP contribution in [-0.4, -0.2) is 31.8 Å². The van der Waals surface area contributed by atoms with Gasteiger partial charge in [0.15, 0.2) is 0 Å². The normalized spacial score (nSPS) is 21.8. The molecule has 1 aliphatic heterocycles. The van der Waals surface area contributed by atoms with Gasteiger partial charge >= 0.3 is 0 Å². The molecule has 2 aromatic rings. The Labute approximate surface area is 141 Å². The average molecular weight is 332 g/mol. The number of aryl methyl sites for hydroxylation is 1. The van der Waals surface area contributed by atoms with Crippen molar-refractivity contribution in [1.29, 1.82) is 0 Å². The Hall–Kier alpha value is -2.05. The molecule has 3 rings (SSSR count). The van der Waals surface area contributed by atoms with Gasteiger partial charge in [0.1, 0.15) is 23.2 Å². The van der Waals surface area contributed by atoms with Gasteiger partial charge in [0.25, 0.3) is 0 Å². The molecule has 1 unspecified atom stereocenters. The molecular weight excluding hydrogens is 308 g/mol. The van der Waals surface area contributed by atoms with Crippen LogP contribution in [0.3, 0.4) is 0 Å². The Morgan fingerprint density at radius 3 is 2.92 bits per heavy atom. The van der Waals surface area contributed by atoms with Gasteiger partial charge in [0.2, 0.25) is 5.91 Å². The number of nitrogens with one attached hydrogen (secondary N) is 1. The summed E-state index contributed by atoms with van der Waals surface area (Å²) in [6, 6.07) is 5.44. The van der Waals surface area contributed by atoms with Gasteiger partial charge in [-0.05, 0) is 44.9 Å². The number of carbonyl (C=O) groups excluding carboxylic acids is 1. The van der Waals surface area contributed by atoms with Crippen molar-refractivity contribution in [1.82, 2.24) is 5.32 Å². The summed E-state index contributed by atoms with van der Waals surface area (Å²) < 4.78 is 16.8. The highest BCUT2D eigenvalue weighted by Crippen LogP contribution is 2.32. The monoisotopic (exact) mass is 332 g/mol. The third-order valence-electron chi connectivity index (χ3n) is 4.60. The van der Waals surface area contributed by atoms with E-state index in [0.717, 1.165) is 34.5 Å².